The Morgan fingerprint density at radius 3 is 2.41 bits per heavy atom. The summed E-state index contributed by atoms with van der Waals surface area (Å²) in [5.74, 6) is 0. The second-order valence-electron chi connectivity index (χ2n) is 7.08. The predicted octanol–water partition coefficient (Wildman–Crippen LogP) is 2.42. The van der Waals surface area contributed by atoms with E-state index in [1.807, 2.05) is 19.9 Å². The smallest absolute Gasteiger partial charge is 0.317 e. The molecule has 1 aromatic rings. The molecule has 0 fully saturated rings. The van der Waals surface area contributed by atoms with E-state index in [9.17, 15) is 13.2 Å². The third-order valence-corrected chi connectivity index (χ3v) is 6.24. The summed E-state index contributed by atoms with van der Waals surface area (Å²) in [5.41, 5.74) is 0.133. The van der Waals surface area contributed by atoms with Gasteiger partial charge in [0.25, 0.3) is 0 Å². The molecule has 8 nitrogen and oxygen atoms in total. The number of sulfonamides is 1. The highest BCUT2D eigenvalue weighted by Crippen LogP contribution is 2.19. The van der Waals surface area contributed by atoms with Gasteiger partial charge in [0.2, 0.25) is 10.0 Å². The highest BCUT2D eigenvalue weighted by Gasteiger charge is 2.23. The number of urea groups is 1. The van der Waals surface area contributed by atoms with Gasteiger partial charge in [0.1, 0.15) is 6.07 Å². The van der Waals surface area contributed by atoms with E-state index < -0.39 is 10.0 Å². The van der Waals surface area contributed by atoms with Crippen molar-refractivity contribution >= 4 is 16.1 Å². The molecule has 0 aliphatic carbocycles. The molecule has 2 amide bonds. The molecule has 0 saturated heterocycles. The zero-order valence-electron chi connectivity index (χ0n) is 17.7. The van der Waals surface area contributed by atoms with E-state index in [2.05, 4.69) is 5.32 Å². The number of nitriles is 1. The molecular weight excluding hydrogens is 392 g/mol. The predicted molar refractivity (Wildman–Crippen MR) is 112 cm³/mol. The summed E-state index contributed by atoms with van der Waals surface area (Å²) in [4.78, 5) is 14.1. The van der Waals surface area contributed by atoms with E-state index in [1.165, 1.54) is 23.5 Å². The fourth-order valence-corrected chi connectivity index (χ4v) is 4.11. The highest BCUT2D eigenvalue weighted by molar-refractivity contribution is 7.89. The minimum Gasteiger partial charge on any atom is -0.385 e. The number of hydrogen-bond acceptors (Lipinski definition) is 5. The monoisotopic (exact) mass is 424 g/mol. The Bertz CT molecular complexity index is 790. The molecular formula is C20H32N4O4S. The second-order valence-corrected chi connectivity index (χ2v) is 9.09. The van der Waals surface area contributed by atoms with Gasteiger partial charge in [-0.15, -0.1) is 0 Å². The lowest BCUT2D eigenvalue weighted by atomic mass is 10.2. The molecule has 0 unspecified atom stereocenters. The SMILES string of the molecule is COCCCN(CCCCN(C)S(=O)(=O)c1ccccc1C#N)C(=O)NC(C)C. The summed E-state index contributed by atoms with van der Waals surface area (Å²) < 4.78 is 31.8. The molecule has 1 N–H and O–H groups in total. The van der Waals surface area contributed by atoms with Crippen molar-refractivity contribution in [1.82, 2.24) is 14.5 Å². The number of amides is 2. The maximum Gasteiger partial charge on any atom is 0.317 e. The molecule has 0 aromatic heterocycles. The molecule has 1 rings (SSSR count). The van der Waals surface area contributed by atoms with Crippen molar-refractivity contribution in [2.75, 3.05) is 40.4 Å². The minimum absolute atomic E-state index is 0.0162. The molecule has 0 aliphatic heterocycles. The van der Waals surface area contributed by atoms with Gasteiger partial charge in [-0.1, -0.05) is 12.1 Å². The Morgan fingerprint density at radius 1 is 1.17 bits per heavy atom. The summed E-state index contributed by atoms with van der Waals surface area (Å²) in [6.07, 6.45) is 2.00. The molecule has 0 spiro atoms. The molecule has 0 heterocycles. The van der Waals surface area contributed by atoms with Gasteiger partial charge in [0, 0.05) is 46.4 Å². The maximum absolute atomic E-state index is 12.7. The largest absolute Gasteiger partial charge is 0.385 e. The molecule has 1 aromatic carbocycles. The van der Waals surface area contributed by atoms with Crippen molar-refractivity contribution in [2.45, 2.75) is 44.0 Å². The van der Waals surface area contributed by atoms with Gasteiger partial charge in [-0.3, -0.25) is 0 Å². The molecule has 0 atom stereocenters. The van der Waals surface area contributed by atoms with Gasteiger partial charge in [-0.25, -0.2) is 17.5 Å². The van der Waals surface area contributed by atoms with Gasteiger partial charge < -0.3 is 15.0 Å². The number of unbranched alkanes of at least 4 members (excludes halogenated alkanes) is 1. The fraction of sp³-hybridized carbons (Fsp3) is 0.600. The summed E-state index contributed by atoms with van der Waals surface area (Å²) in [6.45, 7) is 5.81. The van der Waals surface area contributed by atoms with Crippen LogP contribution in [0.3, 0.4) is 0 Å². The van der Waals surface area contributed by atoms with Gasteiger partial charge in [-0.2, -0.15) is 5.26 Å². The number of benzene rings is 1. The zero-order chi connectivity index (χ0) is 21.9. The summed E-state index contributed by atoms with van der Waals surface area (Å²) in [6, 6.07) is 8.02. The van der Waals surface area contributed by atoms with Crippen LogP contribution >= 0.6 is 0 Å². The van der Waals surface area contributed by atoms with Crippen molar-refractivity contribution in [1.29, 1.82) is 5.26 Å². The van der Waals surface area contributed by atoms with E-state index in [-0.39, 0.29) is 22.5 Å². The van der Waals surface area contributed by atoms with Gasteiger partial charge in [0.15, 0.2) is 0 Å². The topological polar surface area (TPSA) is 103 Å². The second kappa shape index (κ2) is 12.4. The van der Waals surface area contributed by atoms with Gasteiger partial charge >= 0.3 is 6.03 Å². The summed E-state index contributed by atoms with van der Waals surface area (Å²) >= 11 is 0. The molecule has 0 bridgehead atoms. The zero-order valence-corrected chi connectivity index (χ0v) is 18.5. The van der Waals surface area contributed by atoms with Crippen LogP contribution in [-0.4, -0.2) is 70.1 Å². The van der Waals surface area contributed by atoms with E-state index >= 15 is 0 Å². The van der Waals surface area contributed by atoms with Crippen LogP contribution in [0.1, 0.15) is 38.7 Å². The van der Waals surface area contributed by atoms with Crippen LogP contribution in [-0.2, 0) is 14.8 Å². The first kappa shape index (κ1) is 24.9. The van der Waals surface area contributed by atoms with Crippen molar-refractivity contribution in [2.24, 2.45) is 0 Å². The Hall–Kier alpha value is -2.15. The standard InChI is InChI=1S/C20H32N4O4S/c1-17(2)22-20(25)24(14-9-15-28-4)13-8-7-12-23(3)29(26,27)19-11-6-5-10-18(19)16-21/h5-6,10-11,17H,7-9,12-15H2,1-4H3,(H,22,25). The Balaban J connectivity index is 2.62. The van der Waals surface area contributed by atoms with E-state index in [0.717, 1.165) is 6.42 Å². The van der Waals surface area contributed by atoms with Crippen LogP contribution in [0.25, 0.3) is 0 Å². The number of hydrogen-bond donors (Lipinski definition) is 1. The first-order valence-electron chi connectivity index (χ1n) is 9.73. The minimum atomic E-state index is -3.73. The highest BCUT2D eigenvalue weighted by atomic mass is 32.2. The fourth-order valence-electron chi connectivity index (χ4n) is 2.76. The third-order valence-electron chi connectivity index (χ3n) is 4.32. The third kappa shape index (κ3) is 8.01. The van der Waals surface area contributed by atoms with Crippen LogP contribution in [0.15, 0.2) is 29.2 Å². The number of carbonyl (C=O) groups is 1. The molecule has 29 heavy (non-hydrogen) atoms. The molecule has 0 aliphatic rings. The van der Waals surface area contributed by atoms with Gasteiger partial charge in [-0.05, 0) is 45.2 Å². The lowest BCUT2D eigenvalue weighted by Gasteiger charge is -2.25. The Labute approximate surface area is 174 Å². The molecule has 162 valence electrons. The van der Waals surface area contributed by atoms with Crippen LogP contribution in [0, 0.1) is 11.3 Å². The number of carbonyl (C=O) groups excluding carboxylic acids is 1. The van der Waals surface area contributed by atoms with E-state index in [0.29, 0.717) is 39.1 Å². The molecule has 9 heteroatoms. The summed E-state index contributed by atoms with van der Waals surface area (Å²) in [5, 5.41) is 12.0. The normalized spacial score (nSPS) is 11.5. The first-order valence-corrected chi connectivity index (χ1v) is 11.2. The maximum atomic E-state index is 12.7. The Morgan fingerprint density at radius 2 is 1.79 bits per heavy atom. The first-order chi connectivity index (χ1) is 13.7. The number of nitrogens with zero attached hydrogens (tertiary/aromatic N) is 3. The Kier molecular flexibility index (Phi) is 10.7. The molecule has 0 saturated carbocycles. The van der Waals surface area contributed by atoms with Crippen LogP contribution < -0.4 is 5.32 Å². The van der Waals surface area contributed by atoms with Crippen molar-refractivity contribution < 1.29 is 17.9 Å². The lowest BCUT2D eigenvalue weighted by molar-refractivity contribution is 0.166. The summed E-state index contributed by atoms with van der Waals surface area (Å²) in [7, 11) is -0.601. The van der Waals surface area contributed by atoms with E-state index in [1.54, 1.807) is 24.1 Å². The number of rotatable bonds is 12. The van der Waals surface area contributed by atoms with Crippen molar-refractivity contribution in [3.05, 3.63) is 29.8 Å². The lowest BCUT2D eigenvalue weighted by Crippen LogP contribution is -2.44. The average Bonchev–Trinajstić information content (AvgIpc) is 2.68. The van der Waals surface area contributed by atoms with Crippen LogP contribution in [0.2, 0.25) is 0 Å². The number of methoxy groups -OCH3 is 1. The van der Waals surface area contributed by atoms with Crippen LogP contribution in [0.4, 0.5) is 4.79 Å². The molecule has 0 radical (unpaired) electrons. The number of nitrogens with one attached hydrogen (secondary N) is 1. The average molecular weight is 425 g/mol. The van der Waals surface area contributed by atoms with Crippen molar-refractivity contribution in [3.8, 4) is 6.07 Å². The van der Waals surface area contributed by atoms with Gasteiger partial charge in [0.05, 0.1) is 10.5 Å². The quantitative estimate of drug-likeness (QED) is 0.519. The number of ether oxygens (including phenoxy) is 1. The van der Waals surface area contributed by atoms with E-state index in [4.69, 9.17) is 10.00 Å². The van der Waals surface area contributed by atoms with Crippen molar-refractivity contribution in [3.63, 3.8) is 0 Å². The van der Waals surface area contributed by atoms with Crippen LogP contribution in [0.5, 0.6) is 0 Å².